The summed E-state index contributed by atoms with van der Waals surface area (Å²) < 4.78 is 0. The van der Waals surface area contributed by atoms with E-state index in [1.807, 2.05) is 10.8 Å². The van der Waals surface area contributed by atoms with Crippen LogP contribution in [0.3, 0.4) is 0 Å². The summed E-state index contributed by atoms with van der Waals surface area (Å²) in [6.07, 6.45) is 98.1. The smallest absolute Gasteiger partial charge is 0.246 e. The van der Waals surface area contributed by atoms with Crippen LogP contribution in [0.1, 0.15) is 497 Å². The summed E-state index contributed by atoms with van der Waals surface area (Å²) in [7, 11) is 3.62. The van der Waals surface area contributed by atoms with Crippen molar-refractivity contribution in [2.45, 2.75) is 503 Å². The lowest BCUT2D eigenvalue weighted by Gasteiger charge is -2.28. The van der Waals surface area contributed by atoms with Gasteiger partial charge in [-0.25, -0.2) is 0 Å². The van der Waals surface area contributed by atoms with Gasteiger partial charge in [0, 0.05) is 30.5 Å². The zero-order chi connectivity index (χ0) is 77.6. The number of carbonyl (C=O) groups is 2. The molecular formula is C95H197N7O2S3. The van der Waals surface area contributed by atoms with Crippen LogP contribution in [0.15, 0.2) is 0 Å². The van der Waals surface area contributed by atoms with E-state index in [-0.39, 0.29) is 18.4 Å². The Bertz CT molecular complexity index is 1550. The van der Waals surface area contributed by atoms with Gasteiger partial charge in [0.1, 0.15) is 6.04 Å². The Kier molecular flexibility index (Phi) is 102. The average molecular weight is 1570 g/mol. The number of thioether (sulfide) groups is 1. The van der Waals surface area contributed by atoms with E-state index in [0.29, 0.717) is 5.75 Å². The second-order valence-electron chi connectivity index (χ2n) is 33.1. The Morgan fingerprint density at radius 3 is 0.850 bits per heavy atom. The van der Waals surface area contributed by atoms with Crippen molar-refractivity contribution in [2.75, 3.05) is 95.1 Å². The van der Waals surface area contributed by atoms with Gasteiger partial charge in [-0.05, 0) is 116 Å². The molecule has 0 aliphatic carbocycles. The Balaban J connectivity index is 0. The van der Waals surface area contributed by atoms with Gasteiger partial charge in [0.25, 0.3) is 0 Å². The molecule has 1 unspecified atom stereocenters. The second-order valence-corrected chi connectivity index (χ2v) is 37.0. The van der Waals surface area contributed by atoms with Crippen molar-refractivity contribution in [3.05, 3.63) is 0 Å². The topological polar surface area (TPSA) is 115 Å². The minimum Gasteiger partial charge on any atom is -0.342 e. The fraction of sp³-hybridized carbons (Fsp3) is 0.979. The van der Waals surface area contributed by atoms with Gasteiger partial charge in [-0.3, -0.25) is 14.5 Å². The summed E-state index contributed by atoms with van der Waals surface area (Å²) in [5, 5.41) is 13.5. The number of unbranched alkanes of at least 4 members (excludes halogenated alkanes) is 63. The molecule has 1 atom stereocenters. The van der Waals surface area contributed by atoms with Gasteiger partial charge in [-0.2, -0.15) is 0 Å². The third-order valence-corrected chi connectivity index (χ3v) is 25.8. The first kappa shape index (κ1) is 109. The Hall–Kier alpha value is -0.210. The predicted molar refractivity (Wildman–Crippen MR) is 492 cm³/mol. The summed E-state index contributed by atoms with van der Waals surface area (Å²) >= 11 is 2.12. The van der Waals surface area contributed by atoms with E-state index < -0.39 is 6.04 Å². The third kappa shape index (κ3) is 92.8. The number of amides is 2. The highest BCUT2D eigenvalue weighted by atomic mass is 33.1. The van der Waals surface area contributed by atoms with E-state index in [2.05, 4.69) is 84.4 Å². The van der Waals surface area contributed by atoms with Crippen molar-refractivity contribution < 1.29 is 9.59 Å². The third-order valence-electron chi connectivity index (χ3n) is 22.3. The van der Waals surface area contributed by atoms with Gasteiger partial charge in [-0.1, -0.05) is 461 Å². The molecular weight excluding hydrogens is 1370 g/mol. The van der Waals surface area contributed by atoms with Crippen LogP contribution in [0.4, 0.5) is 0 Å². The van der Waals surface area contributed by atoms with Crippen molar-refractivity contribution >= 4 is 45.2 Å². The fourth-order valence-corrected chi connectivity index (χ4v) is 18.0. The quantitative estimate of drug-likeness (QED) is 0.0229. The molecule has 0 saturated carbocycles. The normalized spacial score (nSPS) is 11.9. The molecule has 0 rings (SSSR count). The van der Waals surface area contributed by atoms with Crippen LogP contribution in [-0.2, 0) is 9.59 Å². The van der Waals surface area contributed by atoms with Crippen molar-refractivity contribution in [3.63, 3.8) is 0 Å². The van der Waals surface area contributed by atoms with E-state index in [4.69, 9.17) is 5.73 Å². The standard InChI is InChI=1S/C56H116N6O2S2.C39H81NS/c1-4-7-10-12-14-16-18-20-22-24-26-28-30-32-34-38-49-62(50-39-35-33-31-29-27-25-23-21-19-17-15-13-11-8-5-2)56(64)54(53-66-65-51-40-9-6-3)61-55(63)52-60-48-42-47-59-45-37-36-44-58-46-41-43-57;1-4-7-9-11-13-15-17-19-21-23-25-27-29-31-33-35-37-40(39-41-6-3)38-36-34-32-30-28-26-24-22-20-18-16-14-12-10-8-5-2/h54,58-60H,4-53,57H2,1-3H3,(H,61,63);4-39H2,1-3H3. The summed E-state index contributed by atoms with van der Waals surface area (Å²) in [6.45, 7) is 23.9. The highest BCUT2D eigenvalue weighted by Crippen LogP contribution is 2.26. The monoisotopic (exact) mass is 1560 g/mol. The summed E-state index contributed by atoms with van der Waals surface area (Å²) in [4.78, 5) is 32.6. The van der Waals surface area contributed by atoms with Gasteiger partial charge in [0.2, 0.25) is 11.8 Å². The first-order chi connectivity index (χ1) is 52.9. The van der Waals surface area contributed by atoms with Crippen LogP contribution in [0.2, 0.25) is 0 Å². The maximum Gasteiger partial charge on any atom is 0.246 e. The Labute approximate surface area is 685 Å². The van der Waals surface area contributed by atoms with Gasteiger partial charge in [0.15, 0.2) is 0 Å². The first-order valence-electron chi connectivity index (χ1n) is 48.9. The van der Waals surface area contributed by atoms with Gasteiger partial charge < -0.3 is 31.9 Å². The van der Waals surface area contributed by atoms with Gasteiger partial charge in [-0.15, -0.1) is 11.8 Å². The van der Waals surface area contributed by atoms with E-state index in [1.54, 1.807) is 10.8 Å². The minimum absolute atomic E-state index is 0.0650. The minimum atomic E-state index is -0.475. The number of carbonyl (C=O) groups excluding carboxylic acids is 2. The van der Waals surface area contributed by atoms with E-state index in [0.717, 1.165) is 90.2 Å². The molecule has 642 valence electrons. The predicted octanol–water partition coefficient (Wildman–Crippen LogP) is 29.2. The number of hydrogen-bond acceptors (Lipinski definition) is 10. The van der Waals surface area contributed by atoms with Crippen LogP contribution in [-0.4, -0.2) is 123 Å². The summed E-state index contributed by atoms with van der Waals surface area (Å²) in [6, 6.07) is -0.475. The molecule has 6 N–H and O–H groups in total. The van der Waals surface area contributed by atoms with Crippen LogP contribution in [0.25, 0.3) is 0 Å². The van der Waals surface area contributed by atoms with Crippen molar-refractivity contribution in [3.8, 4) is 0 Å². The highest BCUT2D eigenvalue weighted by Gasteiger charge is 2.26. The van der Waals surface area contributed by atoms with Gasteiger partial charge in [0.05, 0.1) is 6.54 Å². The van der Waals surface area contributed by atoms with E-state index >= 15 is 0 Å². The largest absolute Gasteiger partial charge is 0.342 e. The molecule has 0 aromatic heterocycles. The molecule has 2 amide bonds. The number of nitrogens with two attached hydrogens (primary N) is 1. The molecule has 0 bridgehead atoms. The average Bonchev–Trinajstić information content (AvgIpc) is 0.935. The highest BCUT2D eigenvalue weighted by molar-refractivity contribution is 8.76. The molecule has 0 aliphatic heterocycles. The Morgan fingerprint density at radius 1 is 0.290 bits per heavy atom. The molecule has 0 aromatic rings. The van der Waals surface area contributed by atoms with Crippen molar-refractivity contribution in [1.82, 2.24) is 31.1 Å². The maximum absolute atomic E-state index is 14.4. The lowest BCUT2D eigenvalue weighted by Crippen LogP contribution is -2.52. The number of nitrogens with one attached hydrogen (secondary N) is 4. The number of hydrogen-bond donors (Lipinski definition) is 5. The van der Waals surface area contributed by atoms with Crippen molar-refractivity contribution in [2.24, 2.45) is 5.73 Å². The molecule has 0 aliphatic rings. The molecule has 12 heteroatoms. The second kappa shape index (κ2) is 100.0. The molecule has 0 fully saturated rings. The SMILES string of the molecule is CCCCCCCCCCCCCCCCCCN(CCCCCCCCCCCCCCCCCC)C(=O)C(CSSCCCCC)NC(=O)CNCCCNCCCCNCCCN.CCCCCCCCCCCCCCCCCCN(CCCCCCCCCCCCCCCCCC)CSCC. The molecule has 9 nitrogen and oxygen atoms in total. The number of nitrogens with zero attached hydrogens (tertiary/aromatic N) is 2. The molecule has 0 spiro atoms. The van der Waals surface area contributed by atoms with E-state index in [1.165, 1.54) is 448 Å². The first-order valence-corrected chi connectivity index (χ1v) is 52.5. The summed E-state index contributed by atoms with van der Waals surface area (Å²) in [5.41, 5.74) is 5.56. The molecule has 107 heavy (non-hydrogen) atoms. The molecule has 0 heterocycles. The fourth-order valence-electron chi connectivity index (χ4n) is 15.0. The zero-order valence-corrected chi connectivity index (χ0v) is 76.4. The summed E-state index contributed by atoms with van der Waals surface area (Å²) in [5.74, 6) is 4.30. The van der Waals surface area contributed by atoms with Crippen LogP contribution in [0.5, 0.6) is 0 Å². The molecule has 0 radical (unpaired) electrons. The van der Waals surface area contributed by atoms with Crippen LogP contribution in [0, 0.1) is 0 Å². The molecule has 0 aromatic carbocycles. The van der Waals surface area contributed by atoms with Crippen LogP contribution < -0.4 is 27.0 Å². The Morgan fingerprint density at radius 2 is 0.551 bits per heavy atom. The van der Waals surface area contributed by atoms with Gasteiger partial charge >= 0.3 is 0 Å². The van der Waals surface area contributed by atoms with Crippen molar-refractivity contribution in [1.29, 1.82) is 0 Å². The lowest BCUT2D eigenvalue weighted by molar-refractivity contribution is -0.135. The molecule has 0 saturated heterocycles. The lowest BCUT2D eigenvalue weighted by atomic mass is 10.0. The number of rotatable bonds is 94. The zero-order valence-electron chi connectivity index (χ0n) is 73.9. The maximum atomic E-state index is 14.4. The van der Waals surface area contributed by atoms with E-state index in [9.17, 15) is 9.59 Å². The van der Waals surface area contributed by atoms with Crippen LogP contribution >= 0.6 is 33.3 Å².